The number of rotatable bonds is 2. The molecule has 18 heavy (non-hydrogen) atoms. The number of amides is 1. The Balaban J connectivity index is 2.37. The normalized spacial score (nSPS) is 24.0. The van der Waals surface area contributed by atoms with Gasteiger partial charge in [-0.1, -0.05) is 6.92 Å². The van der Waals surface area contributed by atoms with Crippen molar-refractivity contribution < 1.29 is 4.79 Å². The summed E-state index contributed by atoms with van der Waals surface area (Å²) in [5.74, 6) is 0.662. The molecule has 4 N–H and O–H groups in total. The van der Waals surface area contributed by atoms with Crippen LogP contribution in [0.4, 0.5) is 11.4 Å². The van der Waals surface area contributed by atoms with Crippen LogP contribution in [0.2, 0.25) is 0 Å². The molecule has 1 heterocycles. The highest BCUT2D eigenvalue weighted by molar-refractivity contribution is 8.00. The second-order valence-electron chi connectivity index (χ2n) is 4.65. The molecule has 0 spiro atoms. The number of hydrogen-bond donors (Lipinski definition) is 2. The van der Waals surface area contributed by atoms with Crippen molar-refractivity contribution in [3.63, 3.8) is 0 Å². The van der Waals surface area contributed by atoms with Crippen molar-refractivity contribution in [2.45, 2.75) is 25.1 Å². The van der Waals surface area contributed by atoms with Crippen molar-refractivity contribution in [3.05, 3.63) is 23.8 Å². The number of anilines is 2. The van der Waals surface area contributed by atoms with E-state index < -0.39 is 5.91 Å². The molecule has 0 saturated carbocycles. The Morgan fingerprint density at radius 3 is 2.83 bits per heavy atom. The summed E-state index contributed by atoms with van der Waals surface area (Å²) in [6.45, 7) is 5.35. The number of nitrogens with two attached hydrogens (primary N) is 2. The van der Waals surface area contributed by atoms with Crippen molar-refractivity contribution in [1.82, 2.24) is 0 Å². The topological polar surface area (TPSA) is 72.3 Å². The molecule has 0 aromatic heterocycles. The third kappa shape index (κ3) is 2.41. The minimum absolute atomic E-state index is 0.397. The zero-order valence-electron chi connectivity index (χ0n) is 10.7. The van der Waals surface area contributed by atoms with Gasteiger partial charge in [0.05, 0.1) is 11.4 Å². The van der Waals surface area contributed by atoms with Gasteiger partial charge >= 0.3 is 0 Å². The minimum atomic E-state index is -0.414. The summed E-state index contributed by atoms with van der Waals surface area (Å²) in [5, 5.41) is 0.551. The zero-order valence-corrected chi connectivity index (χ0v) is 11.5. The first-order valence-electron chi connectivity index (χ1n) is 6.08. The predicted octanol–water partition coefficient (Wildman–Crippen LogP) is 1.70. The molecule has 2 rings (SSSR count). The van der Waals surface area contributed by atoms with Crippen LogP contribution in [0, 0.1) is 0 Å². The number of thioether (sulfide) groups is 1. The fourth-order valence-corrected chi connectivity index (χ4v) is 3.32. The van der Waals surface area contributed by atoms with Gasteiger partial charge in [0.15, 0.2) is 0 Å². The number of carbonyl (C=O) groups is 1. The zero-order chi connectivity index (χ0) is 13.3. The average Bonchev–Trinajstić information content (AvgIpc) is 2.33. The largest absolute Gasteiger partial charge is 0.397 e. The van der Waals surface area contributed by atoms with Crippen LogP contribution in [0.5, 0.6) is 0 Å². The van der Waals surface area contributed by atoms with Gasteiger partial charge in [-0.3, -0.25) is 4.79 Å². The van der Waals surface area contributed by atoms with Gasteiger partial charge in [0.25, 0.3) is 0 Å². The summed E-state index contributed by atoms with van der Waals surface area (Å²) in [4.78, 5) is 13.5. The maximum absolute atomic E-state index is 11.3. The number of nitrogen functional groups attached to an aromatic ring is 1. The van der Waals surface area contributed by atoms with E-state index in [2.05, 4.69) is 18.7 Å². The van der Waals surface area contributed by atoms with E-state index in [0.717, 1.165) is 18.0 Å². The van der Waals surface area contributed by atoms with E-state index in [1.54, 1.807) is 18.2 Å². The summed E-state index contributed by atoms with van der Waals surface area (Å²) in [6, 6.07) is 5.63. The summed E-state index contributed by atoms with van der Waals surface area (Å²) < 4.78 is 0. The molecule has 1 aromatic rings. The third-order valence-corrected chi connectivity index (χ3v) is 4.85. The van der Waals surface area contributed by atoms with Crippen LogP contribution >= 0.6 is 11.8 Å². The Morgan fingerprint density at radius 1 is 1.44 bits per heavy atom. The van der Waals surface area contributed by atoms with Crippen molar-refractivity contribution >= 4 is 29.0 Å². The molecule has 2 unspecified atom stereocenters. The van der Waals surface area contributed by atoms with Crippen LogP contribution in [0.1, 0.15) is 24.2 Å². The molecule has 5 heteroatoms. The summed E-state index contributed by atoms with van der Waals surface area (Å²) in [5.41, 5.74) is 13.5. The van der Waals surface area contributed by atoms with E-state index in [-0.39, 0.29) is 0 Å². The number of nitrogens with zero attached hydrogens (tertiary/aromatic N) is 1. The monoisotopic (exact) mass is 265 g/mol. The maximum atomic E-state index is 11.3. The Labute approximate surface area is 112 Å². The average molecular weight is 265 g/mol. The Morgan fingerprint density at radius 2 is 2.17 bits per heavy atom. The molecule has 0 aliphatic carbocycles. The molecule has 1 saturated heterocycles. The van der Waals surface area contributed by atoms with Gasteiger partial charge < -0.3 is 16.4 Å². The molecule has 1 aromatic carbocycles. The van der Waals surface area contributed by atoms with E-state index in [0.29, 0.717) is 22.5 Å². The van der Waals surface area contributed by atoms with Gasteiger partial charge in [-0.15, -0.1) is 0 Å². The molecule has 0 radical (unpaired) electrons. The first kappa shape index (κ1) is 13.1. The van der Waals surface area contributed by atoms with Crippen LogP contribution in [0.25, 0.3) is 0 Å². The van der Waals surface area contributed by atoms with Gasteiger partial charge in [0, 0.05) is 29.2 Å². The predicted molar refractivity (Wildman–Crippen MR) is 78.1 cm³/mol. The first-order valence-corrected chi connectivity index (χ1v) is 7.13. The number of hydrogen-bond acceptors (Lipinski definition) is 4. The van der Waals surface area contributed by atoms with Crippen LogP contribution in [0.15, 0.2) is 18.2 Å². The maximum Gasteiger partial charge on any atom is 0.248 e. The Bertz CT molecular complexity index is 464. The van der Waals surface area contributed by atoms with E-state index in [1.807, 2.05) is 11.8 Å². The van der Waals surface area contributed by atoms with Crippen LogP contribution in [-0.4, -0.2) is 29.5 Å². The smallest absolute Gasteiger partial charge is 0.248 e. The number of primary amides is 1. The van der Waals surface area contributed by atoms with E-state index in [4.69, 9.17) is 11.5 Å². The standard InChI is InChI=1S/C13H19N3OS/c1-8-9(2)18-6-5-16(8)12-7-10(13(15)17)3-4-11(12)14/h3-4,7-9H,5-6,14H2,1-2H3,(H2,15,17). The molecule has 2 atom stereocenters. The summed E-state index contributed by atoms with van der Waals surface area (Å²) in [6.07, 6.45) is 0. The van der Waals surface area contributed by atoms with E-state index >= 15 is 0 Å². The first-order chi connectivity index (χ1) is 8.50. The van der Waals surface area contributed by atoms with Crippen molar-refractivity contribution in [2.24, 2.45) is 5.73 Å². The molecule has 1 aliphatic heterocycles. The molecule has 98 valence electrons. The van der Waals surface area contributed by atoms with Crippen LogP contribution < -0.4 is 16.4 Å². The van der Waals surface area contributed by atoms with Gasteiger partial charge in [-0.25, -0.2) is 0 Å². The quantitative estimate of drug-likeness (QED) is 0.798. The number of carbonyl (C=O) groups excluding carboxylic acids is 1. The van der Waals surface area contributed by atoms with Crippen molar-refractivity contribution in [3.8, 4) is 0 Å². The van der Waals surface area contributed by atoms with Gasteiger partial charge in [-0.05, 0) is 25.1 Å². The van der Waals surface area contributed by atoms with Gasteiger partial charge in [-0.2, -0.15) is 11.8 Å². The van der Waals surface area contributed by atoms with Crippen molar-refractivity contribution in [1.29, 1.82) is 0 Å². The summed E-state index contributed by atoms with van der Waals surface area (Å²) in [7, 11) is 0. The molecule has 1 amide bonds. The lowest BCUT2D eigenvalue weighted by Gasteiger charge is -2.39. The molecule has 1 aliphatic rings. The highest BCUT2D eigenvalue weighted by atomic mass is 32.2. The van der Waals surface area contributed by atoms with Crippen LogP contribution in [0.3, 0.4) is 0 Å². The third-order valence-electron chi connectivity index (χ3n) is 3.51. The fourth-order valence-electron chi connectivity index (χ4n) is 2.22. The highest BCUT2D eigenvalue weighted by Crippen LogP contribution is 2.33. The lowest BCUT2D eigenvalue weighted by Crippen LogP contribution is -2.45. The fraction of sp³-hybridized carbons (Fsp3) is 0.462. The Hall–Kier alpha value is -1.36. The van der Waals surface area contributed by atoms with E-state index in [1.165, 1.54) is 0 Å². The molecule has 0 bridgehead atoms. The van der Waals surface area contributed by atoms with E-state index in [9.17, 15) is 4.79 Å². The number of benzene rings is 1. The lowest BCUT2D eigenvalue weighted by atomic mass is 10.1. The molecular weight excluding hydrogens is 246 g/mol. The Kier molecular flexibility index (Phi) is 3.71. The lowest BCUT2D eigenvalue weighted by molar-refractivity contribution is 0.100. The molecular formula is C13H19N3OS. The van der Waals surface area contributed by atoms with Crippen LogP contribution in [-0.2, 0) is 0 Å². The second-order valence-corrected chi connectivity index (χ2v) is 6.13. The highest BCUT2D eigenvalue weighted by Gasteiger charge is 2.26. The second kappa shape index (κ2) is 5.10. The molecule has 4 nitrogen and oxygen atoms in total. The van der Waals surface area contributed by atoms with Gasteiger partial charge in [0.2, 0.25) is 5.91 Å². The molecule has 1 fully saturated rings. The summed E-state index contributed by atoms with van der Waals surface area (Å²) >= 11 is 1.97. The van der Waals surface area contributed by atoms with Gasteiger partial charge in [0.1, 0.15) is 0 Å². The van der Waals surface area contributed by atoms with Crippen molar-refractivity contribution in [2.75, 3.05) is 22.9 Å². The SMILES string of the molecule is CC1SCCN(c2cc(C(N)=O)ccc2N)C1C. The minimum Gasteiger partial charge on any atom is -0.397 e.